The molecule has 25 heavy (non-hydrogen) atoms. The number of pyridine rings is 1. The maximum atomic E-state index is 12.7. The van der Waals surface area contributed by atoms with E-state index in [2.05, 4.69) is 34.2 Å². The summed E-state index contributed by atoms with van der Waals surface area (Å²) >= 11 is 0. The zero-order valence-electron chi connectivity index (χ0n) is 14.0. The van der Waals surface area contributed by atoms with E-state index in [0.29, 0.717) is 11.5 Å². The normalized spacial score (nSPS) is 15.3. The van der Waals surface area contributed by atoms with Crippen LogP contribution in [0.3, 0.4) is 0 Å². The van der Waals surface area contributed by atoms with Crippen LogP contribution in [0.4, 0.5) is 0 Å². The number of amides is 1. The van der Waals surface area contributed by atoms with Crippen LogP contribution >= 0.6 is 0 Å². The van der Waals surface area contributed by atoms with E-state index in [1.165, 1.54) is 5.56 Å². The minimum atomic E-state index is 0.0659. The molecule has 0 unspecified atom stereocenters. The van der Waals surface area contributed by atoms with Gasteiger partial charge in [-0.05, 0) is 36.5 Å². The summed E-state index contributed by atoms with van der Waals surface area (Å²) in [5.74, 6) is 1.38. The van der Waals surface area contributed by atoms with Crippen LogP contribution in [-0.4, -0.2) is 38.4 Å². The molecule has 1 aromatic carbocycles. The van der Waals surface area contributed by atoms with Crippen LogP contribution in [-0.2, 0) is 0 Å². The van der Waals surface area contributed by atoms with Gasteiger partial charge in [0.15, 0.2) is 0 Å². The minimum absolute atomic E-state index is 0.0659. The van der Waals surface area contributed by atoms with E-state index >= 15 is 0 Å². The monoisotopic (exact) mass is 332 g/mol. The average molecular weight is 332 g/mol. The first-order chi connectivity index (χ1) is 12.3. The van der Waals surface area contributed by atoms with Crippen LogP contribution in [0.25, 0.3) is 5.82 Å². The maximum absolute atomic E-state index is 12.7. The van der Waals surface area contributed by atoms with Crippen LogP contribution < -0.4 is 0 Å². The van der Waals surface area contributed by atoms with Crippen molar-refractivity contribution in [3.05, 3.63) is 78.5 Å². The van der Waals surface area contributed by atoms with Crippen LogP contribution in [0, 0.1) is 0 Å². The first-order valence-electron chi connectivity index (χ1n) is 8.60. The van der Waals surface area contributed by atoms with Crippen molar-refractivity contribution in [1.82, 2.24) is 19.4 Å². The molecular formula is C20H20N4O. The van der Waals surface area contributed by atoms with Gasteiger partial charge >= 0.3 is 0 Å². The fraction of sp³-hybridized carbons (Fsp3) is 0.250. The molecule has 0 saturated carbocycles. The van der Waals surface area contributed by atoms with E-state index < -0.39 is 0 Å². The highest BCUT2D eigenvalue weighted by Gasteiger charge is 2.24. The Morgan fingerprint density at radius 3 is 2.48 bits per heavy atom. The van der Waals surface area contributed by atoms with Crippen molar-refractivity contribution in [3.8, 4) is 5.82 Å². The second-order valence-electron chi connectivity index (χ2n) is 6.35. The molecule has 126 valence electrons. The number of rotatable bonds is 3. The van der Waals surface area contributed by atoms with Gasteiger partial charge in [0.05, 0.1) is 5.56 Å². The summed E-state index contributed by atoms with van der Waals surface area (Å²) in [5.41, 5.74) is 2.02. The molecule has 0 aliphatic carbocycles. The summed E-state index contributed by atoms with van der Waals surface area (Å²) < 4.78 is 1.82. The van der Waals surface area contributed by atoms with Crippen molar-refractivity contribution in [1.29, 1.82) is 0 Å². The number of imidazole rings is 1. The van der Waals surface area contributed by atoms with Crippen LogP contribution in [0.1, 0.15) is 34.7 Å². The molecule has 0 spiro atoms. The predicted molar refractivity (Wildman–Crippen MR) is 95.7 cm³/mol. The zero-order chi connectivity index (χ0) is 17.1. The SMILES string of the molecule is O=C(c1ccc(-n2ccnc2)nc1)N1CCC(c2ccccc2)CC1. The summed E-state index contributed by atoms with van der Waals surface area (Å²) in [7, 11) is 0. The van der Waals surface area contributed by atoms with Crippen LogP contribution in [0.15, 0.2) is 67.4 Å². The lowest BCUT2D eigenvalue weighted by atomic mass is 9.89. The Morgan fingerprint density at radius 2 is 1.84 bits per heavy atom. The number of carbonyl (C=O) groups is 1. The molecule has 1 aliphatic heterocycles. The van der Waals surface area contributed by atoms with Crippen LogP contribution in [0.2, 0.25) is 0 Å². The molecule has 1 saturated heterocycles. The average Bonchev–Trinajstić information content (AvgIpc) is 3.23. The summed E-state index contributed by atoms with van der Waals surface area (Å²) in [5, 5.41) is 0. The molecule has 0 bridgehead atoms. The molecule has 0 N–H and O–H groups in total. The van der Waals surface area contributed by atoms with Gasteiger partial charge in [0, 0.05) is 31.7 Å². The minimum Gasteiger partial charge on any atom is -0.339 e. The first kappa shape index (κ1) is 15.6. The van der Waals surface area contributed by atoms with Crippen molar-refractivity contribution in [2.45, 2.75) is 18.8 Å². The Morgan fingerprint density at radius 1 is 1.04 bits per heavy atom. The number of benzene rings is 1. The van der Waals surface area contributed by atoms with Crippen molar-refractivity contribution in [2.75, 3.05) is 13.1 Å². The first-order valence-corrected chi connectivity index (χ1v) is 8.60. The Hall–Kier alpha value is -2.95. The fourth-order valence-corrected chi connectivity index (χ4v) is 3.38. The van der Waals surface area contributed by atoms with Crippen molar-refractivity contribution in [3.63, 3.8) is 0 Å². The lowest BCUT2D eigenvalue weighted by Crippen LogP contribution is -2.38. The van der Waals surface area contributed by atoms with Crippen molar-refractivity contribution < 1.29 is 4.79 Å². The molecule has 5 heteroatoms. The second kappa shape index (κ2) is 6.89. The lowest BCUT2D eigenvalue weighted by Gasteiger charge is -2.32. The number of piperidine rings is 1. The van der Waals surface area contributed by atoms with Gasteiger partial charge in [-0.15, -0.1) is 0 Å². The number of hydrogen-bond donors (Lipinski definition) is 0. The van der Waals surface area contributed by atoms with Gasteiger partial charge in [0.1, 0.15) is 12.1 Å². The van der Waals surface area contributed by atoms with E-state index in [1.54, 1.807) is 18.7 Å². The highest BCUT2D eigenvalue weighted by Crippen LogP contribution is 2.28. The number of carbonyl (C=O) groups excluding carboxylic acids is 1. The van der Waals surface area contributed by atoms with Crippen LogP contribution in [0.5, 0.6) is 0 Å². The summed E-state index contributed by atoms with van der Waals surface area (Å²) in [6.07, 6.45) is 8.90. The molecule has 0 radical (unpaired) electrons. The topological polar surface area (TPSA) is 51.0 Å². The fourth-order valence-electron chi connectivity index (χ4n) is 3.38. The van der Waals surface area contributed by atoms with E-state index in [0.717, 1.165) is 31.7 Å². The molecular weight excluding hydrogens is 312 g/mol. The summed E-state index contributed by atoms with van der Waals surface area (Å²) in [4.78, 5) is 23.0. The van der Waals surface area contributed by atoms with E-state index in [9.17, 15) is 4.79 Å². The lowest BCUT2D eigenvalue weighted by molar-refractivity contribution is 0.0712. The quantitative estimate of drug-likeness (QED) is 0.739. The van der Waals surface area contributed by atoms with Crippen molar-refractivity contribution in [2.24, 2.45) is 0 Å². The largest absolute Gasteiger partial charge is 0.339 e. The van der Waals surface area contributed by atoms with E-state index in [4.69, 9.17) is 0 Å². The second-order valence-corrected chi connectivity index (χ2v) is 6.35. The standard InChI is InChI=1S/C20H20N4O/c25-20(18-6-7-19(22-14-18)24-13-10-21-15-24)23-11-8-17(9-12-23)16-4-2-1-3-5-16/h1-7,10,13-15,17H,8-9,11-12H2. The van der Waals surface area contributed by atoms with Crippen molar-refractivity contribution >= 4 is 5.91 Å². The number of hydrogen-bond acceptors (Lipinski definition) is 3. The Balaban J connectivity index is 1.40. The molecule has 3 heterocycles. The molecule has 5 nitrogen and oxygen atoms in total. The van der Waals surface area contributed by atoms with E-state index in [-0.39, 0.29) is 5.91 Å². The highest BCUT2D eigenvalue weighted by atomic mass is 16.2. The Kier molecular flexibility index (Phi) is 4.29. The Bertz CT molecular complexity index is 820. The molecule has 3 aromatic rings. The molecule has 1 fully saturated rings. The highest BCUT2D eigenvalue weighted by molar-refractivity contribution is 5.94. The zero-order valence-corrected chi connectivity index (χ0v) is 14.0. The smallest absolute Gasteiger partial charge is 0.255 e. The number of likely N-dealkylation sites (tertiary alicyclic amines) is 1. The maximum Gasteiger partial charge on any atom is 0.255 e. The molecule has 0 atom stereocenters. The Labute approximate surface area is 147 Å². The van der Waals surface area contributed by atoms with Gasteiger partial charge in [-0.1, -0.05) is 30.3 Å². The van der Waals surface area contributed by atoms with Gasteiger partial charge in [0.2, 0.25) is 0 Å². The number of aromatic nitrogens is 3. The molecule has 4 rings (SSSR count). The van der Waals surface area contributed by atoms with Gasteiger partial charge in [-0.25, -0.2) is 9.97 Å². The van der Waals surface area contributed by atoms with Gasteiger partial charge in [0.25, 0.3) is 5.91 Å². The molecule has 1 amide bonds. The number of nitrogens with zero attached hydrogens (tertiary/aromatic N) is 4. The third-order valence-electron chi connectivity index (χ3n) is 4.82. The van der Waals surface area contributed by atoms with E-state index in [1.807, 2.05) is 33.9 Å². The third-order valence-corrected chi connectivity index (χ3v) is 4.82. The predicted octanol–water partition coefficient (Wildman–Crippen LogP) is 3.29. The molecule has 2 aromatic heterocycles. The van der Waals surface area contributed by atoms with Gasteiger partial charge in [-0.2, -0.15) is 0 Å². The van der Waals surface area contributed by atoms with Gasteiger partial charge in [-0.3, -0.25) is 9.36 Å². The summed E-state index contributed by atoms with van der Waals surface area (Å²) in [6, 6.07) is 14.3. The van der Waals surface area contributed by atoms with Gasteiger partial charge < -0.3 is 4.90 Å². The molecule has 1 aliphatic rings. The third kappa shape index (κ3) is 3.31. The summed E-state index contributed by atoms with van der Waals surface area (Å²) in [6.45, 7) is 1.59.